The van der Waals surface area contributed by atoms with Crippen molar-refractivity contribution in [2.75, 3.05) is 27.3 Å². The highest BCUT2D eigenvalue weighted by Crippen LogP contribution is 2.27. The predicted octanol–water partition coefficient (Wildman–Crippen LogP) is 4.00. The van der Waals surface area contributed by atoms with E-state index in [0.29, 0.717) is 24.8 Å². The first-order chi connectivity index (χ1) is 13.0. The van der Waals surface area contributed by atoms with Crippen molar-refractivity contribution < 1.29 is 14.2 Å². The fourth-order valence-corrected chi connectivity index (χ4v) is 2.83. The van der Waals surface area contributed by atoms with Crippen LogP contribution >= 0.6 is 39.9 Å². The number of hydrogen-bond donors (Lipinski definition) is 2. The summed E-state index contributed by atoms with van der Waals surface area (Å²) in [4.78, 5) is 4.34. The molecule has 0 aliphatic rings. The standard InChI is InChI=1S/C20H26BrN3O3.HI/c1-14(27-17-7-5-4-6-16(17)21)13-24-20(22)23-11-10-15-8-9-18(25-2)19(12-15)26-3;/h4-9,12,14H,10-11,13H2,1-3H3,(H3,22,23,24);1H. The van der Waals surface area contributed by atoms with Gasteiger partial charge in [0.25, 0.3) is 0 Å². The number of nitrogens with zero attached hydrogens (tertiary/aromatic N) is 1. The second kappa shape index (κ2) is 12.7. The van der Waals surface area contributed by atoms with Gasteiger partial charge in [0.2, 0.25) is 0 Å². The van der Waals surface area contributed by atoms with Crippen LogP contribution in [0.15, 0.2) is 51.9 Å². The highest BCUT2D eigenvalue weighted by molar-refractivity contribution is 14.0. The molecule has 2 aromatic carbocycles. The van der Waals surface area contributed by atoms with Gasteiger partial charge in [0, 0.05) is 6.54 Å². The molecule has 0 saturated heterocycles. The van der Waals surface area contributed by atoms with Gasteiger partial charge < -0.3 is 25.3 Å². The number of nitrogens with one attached hydrogen (secondary N) is 1. The van der Waals surface area contributed by atoms with E-state index in [4.69, 9.17) is 19.9 Å². The highest BCUT2D eigenvalue weighted by atomic mass is 127. The van der Waals surface area contributed by atoms with Gasteiger partial charge in [-0.1, -0.05) is 18.2 Å². The van der Waals surface area contributed by atoms with Crippen molar-refractivity contribution in [3.05, 3.63) is 52.5 Å². The number of halogens is 2. The topological polar surface area (TPSA) is 78.1 Å². The first-order valence-corrected chi connectivity index (χ1v) is 9.48. The molecule has 2 aromatic rings. The van der Waals surface area contributed by atoms with Gasteiger partial charge >= 0.3 is 0 Å². The second-order valence-electron chi connectivity index (χ2n) is 5.95. The highest BCUT2D eigenvalue weighted by Gasteiger charge is 2.07. The van der Waals surface area contributed by atoms with Crippen LogP contribution in [-0.2, 0) is 6.42 Å². The van der Waals surface area contributed by atoms with Crippen LogP contribution in [0.3, 0.4) is 0 Å². The van der Waals surface area contributed by atoms with E-state index in [-0.39, 0.29) is 30.1 Å². The molecule has 0 aliphatic heterocycles. The number of aliphatic imine (C=N–C) groups is 1. The molecule has 3 N–H and O–H groups in total. The number of guanidine groups is 1. The second-order valence-corrected chi connectivity index (χ2v) is 6.81. The third-order valence-corrected chi connectivity index (χ3v) is 4.51. The number of benzene rings is 2. The Hall–Kier alpha value is -1.68. The largest absolute Gasteiger partial charge is 0.493 e. The van der Waals surface area contributed by atoms with Crippen molar-refractivity contribution >= 4 is 45.9 Å². The number of methoxy groups -OCH3 is 2. The molecule has 0 amide bonds. The molecule has 0 bridgehead atoms. The van der Waals surface area contributed by atoms with Crippen LogP contribution in [0.1, 0.15) is 12.5 Å². The summed E-state index contributed by atoms with van der Waals surface area (Å²) >= 11 is 3.47. The molecule has 154 valence electrons. The zero-order chi connectivity index (χ0) is 19.6. The summed E-state index contributed by atoms with van der Waals surface area (Å²) in [6.45, 7) is 3.10. The SMILES string of the molecule is COc1ccc(CCNC(N)=NCC(C)Oc2ccccc2Br)cc1OC.I. The van der Waals surface area contributed by atoms with E-state index < -0.39 is 0 Å². The Kier molecular flexibility index (Phi) is 11.1. The maximum Gasteiger partial charge on any atom is 0.188 e. The van der Waals surface area contributed by atoms with Crippen molar-refractivity contribution in [3.8, 4) is 17.2 Å². The van der Waals surface area contributed by atoms with Crippen LogP contribution in [0, 0.1) is 0 Å². The quantitative estimate of drug-likeness (QED) is 0.274. The third kappa shape index (κ3) is 7.75. The van der Waals surface area contributed by atoms with Gasteiger partial charge in [-0.05, 0) is 59.1 Å². The Bertz CT molecular complexity index is 774. The Balaban J connectivity index is 0.00000392. The lowest BCUT2D eigenvalue weighted by atomic mass is 10.1. The van der Waals surface area contributed by atoms with E-state index in [9.17, 15) is 0 Å². The van der Waals surface area contributed by atoms with Gasteiger partial charge in [0.05, 0.1) is 25.2 Å². The maximum atomic E-state index is 5.94. The normalized spacial score (nSPS) is 11.9. The van der Waals surface area contributed by atoms with Crippen molar-refractivity contribution in [2.45, 2.75) is 19.4 Å². The van der Waals surface area contributed by atoms with Gasteiger partial charge in [-0.2, -0.15) is 0 Å². The van der Waals surface area contributed by atoms with E-state index in [1.807, 2.05) is 49.4 Å². The molecule has 0 saturated carbocycles. The fourth-order valence-electron chi connectivity index (χ4n) is 2.45. The van der Waals surface area contributed by atoms with Gasteiger partial charge in [0.1, 0.15) is 11.9 Å². The molecule has 0 radical (unpaired) electrons. The summed E-state index contributed by atoms with van der Waals surface area (Å²) in [7, 11) is 3.25. The molecule has 0 fully saturated rings. The summed E-state index contributed by atoms with van der Waals surface area (Å²) in [5, 5.41) is 3.12. The van der Waals surface area contributed by atoms with Crippen molar-refractivity contribution in [2.24, 2.45) is 10.7 Å². The molecule has 1 atom stereocenters. The minimum atomic E-state index is -0.0881. The summed E-state index contributed by atoms with van der Waals surface area (Å²) in [5.74, 6) is 2.63. The fraction of sp³-hybridized carbons (Fsp3) is 0.350. The molecule has 0 aromatic heterocycles. The van der Waals surface area contributed by atoms with Gasteiger partial charge in [0.15, 0.2) is 17.5 Å². The Morgan fingerprint density at radius 1 is 1.11 bits per heavy atom. The summed E-state index contributed by atoms with van der Waals surface area (Å²) in [6, 6.07) is 13.6. The van der Waals surface area contributed by atoms with Gasteiger partial charge in [-0.3, -0.25) is 0 Å². The molecule has 8 heteroatoms. The van der Waals surface area contributed by atoms with E-state index in [0.717, 1.165) is 28.0 Å². The van der Waals surface area contributed by atoms with Gasteiger partial charge in [-0.25, -0.2) is 4.99 Å². The number of nitrogens with two attached hydrogens (primary N) is 1. The lowest BCUT2D eigenvalue weighted by molar-refractivity contribution is 0.229. The number of rotatable bonds is 9. The predicted molar refractivity (Wildman–Crippen MR) is 127 cm³/mol. The van der Waals surface area contributed by atoms with Crippen LogP contribution < -0.4 is 25.3 Å². The lowest BCUT2D eigenvalue weighted by Gasteiger charge is -2.14. The lowest BCUT2D eigenvalue weighted by Crippen LogP contribution is -2.34. The first kappa shape index (κ1) is 24.4. The van der Waals surface area contributed by atoms with E-state index >= 15 is 0 Å². The number of para-hydroxylation sites is 1. The van der Waals surface area contributed by atoms with Crippen LogP contribution in [-0.4, -0.2) is 39.4 Å². The van der Waals surface area contributed by atoms with Crippen molar-refractivity contribution in [3.63, 3.8) is 0 Å². The van der Waals surface area contributed by atoms with Crippen LogP contribution in [0.4, 0.5) is 0 Å². The van der Waals surface area contributed by atoms with Crippen LogP contribution in [0.25, 0.3) is 0 Å². The summed E-state index contributed by atoms with van der Waals surface area (Å²) in [6.07, 6.45) is 0.703. The average molecular weight is 564 g/mol. The molecule has 1 unspecified atom stereocenters. The zero-order valence-electron chi connectivity index (χ0n) is 16.3. The monoisotopic (exact) mass is 563 g/mol. The number of hydrogen-bond acceptors (Lipinski definition) is 4. The first-order valence-electron chi connectivity index (χ1n) is 8.69. The minimum Gasteiger partial charge on any atom is -0.493 e. The van der Waals surface area contributed by atoms with Gasteiger partial charge in [-0.15, -0.1) is 24.0 Å². The molecule has 6 nitrogen and oxygen atoms in total. The van der Waals surface area contributed by atoms with E-state index in [1.54, 1.807) is 14.2 Å². The molecule has 0 aliphatic carbocycles. The Morgan fingerprint density at radius 2 is 1.82 bits per heavy atom. The number of ether oxygens (including phenoxy) is 3. The minimum absolute atomic E-state index is 0. The Labute approximate surface area is 192 Å². The molecule has 0 heterocycles. The zero-order valence-corrected chi connectivity index (χ0v) is 20.2. The molecule has 2 rings (SSSR count). The van der Waals surface area contributed by atoms with Crippen molar-refractivity contribution in [1.82, 2.24) is 5.32 Å². The van der Waals surface area contributed by atoms with Crippen LogP contribution in [0.2, 0.25) is 0 Å². The average Bonchev–Trinajstić information content (AvgIpc) is 2.68. The maximum absolute atomic E-state index is 5.94. The van der Waals surface area contributed by atoms with E-state index in [1.165, 1.54) is 0 Å². The van der Waals surface area contributed by atoms with Crippen LogP contribution in [0.5, 0.6) is 17.2 Å². The smallest absolute Gasteiger partial charge is 0.188 e. The Morgan fingerprint density at radius 3 is 2.50 bits per heavy atom. The molecular formula is C20H27BrIN3O3. The molecule has 28 heavy (non-hydrogen) atoms. The summed E-state index contributed by atoms with van der Waals surface area (Å²) in [5.41, 5.74) is 7.06. The summed E-state index contributed by atoms with van der Waals surface area (Å²) < 4.78 is 17.3. The van der Waals surface area contributed by atoms with Crippen molar-refractivity contribution in [1.29, 1.82) is 0 Å². The molecule has 0 spiro atoms. The third-order valence-electron chi connectivity index (χ3n) is 3.85. The molecular weight excluding hydrogens is 537 g/mol. The van der Waals surface area contributed by atoms with E-state index in [2.05, 4.69) is 26.2 Å².